The van der Waals surface area contributed by atoms with Crippen LogP contribution in [0, 0.1) is 11.3 Å². The maximum atomic E-state index is 12.2. The lowest BCUT2D eigenvalue weighted by Gasteiger charge is -2.42. The molecule has 0 saturated carbocycles. The number of piperazine rings is 3. The van der Waals surface area contributed by atoms with Crippen LogP contribution in [-0.2, 0) is 58.6 Å². The minimum Gasteiger partial charge on any atom is -0.464 e. The predicted molar refractivity (Wildman–Crippen MR) is 443 cm³/mol. The lowest BCUT2D eigenvalue weighted by molar-refractivity contribution is -0.0327. The van der Waals surface area contributed by atoms with E-state index >= 15 is 0 Å². The molecule has 600 valence electrons. The van der Waals surface area contributed by atoms with E-state index in [9.17, 15) is 29.9 Å². The maximum Gasteiger partial charge on any atom is 0.410 e. The van der Waals surface area contributed by atoms with Crippen LogP contribution in [-0.4, -0.2) is 214 Å². The van der Waals surface area contributed by atoms with Gasteiger partial charge in [-0.2, -0.15) is 5.26 Å². The van der Waals surface area contributed by atoms with Crippen molar-refractivity contribution >= 4 is 113 Å². The van der Waals surface area contributed by atoms with E-state index in [1.54, 1.807) is 46.3 Å². The Morgan fingerprint density at radius 1 is 0.531 bits per heavy atom. The van der Waals surface area contributed by atoms with Crippen LogP contribution < -0.4 is 53.6 Å². The summed E-state index contributed by atoms with van der Waals surface area (Å²) in [6, 6.07) is 47.2. The summed E-state index contributed by atoms with van der Waals surface area (Å²) < 4.78 is 22.9. The Bertz CT molecular complexity index is 4510. The Morgan fingerprint density at radius 3 is 1.47 bits per heavy atom. The molecule has 5 aliphatic heterocycles. The van der Waals surface area contributed by atoms with Gasteiger partial charge in [-0.25, -0.2) is 39.3 Å². The minimum absolute atomic E-state index is 0.0497. The lowest BCUT2D eigenvalue weighted by Crippen LogP contribution is -2.54. The van der Waals surface area contributed by atoms with Crippen LogP contribution in [0.4, 0.5) is 61.4 Å². The molecule has 113 heavy (non-hydrogen) atoms. The molecule has 11 heterocycles. The van der Waals surface area contributed by atoms with Gasteiger partial charge in [0.15, 0.2) is 5.69 Å². The molecule has 5 saturated heterocycles. The fraction of sp³-hybridized carbons (Fsp3) is 0.375. The normalized spacial score (nSPS) is 16.1. The van der Waals surface area contributed by atoms with Gasteiger partial charge in [0.2, 0.25) is 0 Å². The number of aromatic nitrogens is 6. The highest BCUT2D eigenvalue weighted by Gasteiger charge is 2.31. The zero-order chi connectivity index (χ0) is 80.6. The van der Waals surface area contributed by atoms with Crippen molar-refractivity contribution in [1.82, 2.24) is 49.9 Å². The van der Waals surface area contributed by atoms with Crippen molar-refractivity contribution in [2.24, 2.45) is 0 Å². The fourth-order valence-electron chi connectivity index (χ4n) is 13.1. The number of anilines is 9. The number of aliphatic hydroxyl groups excluding tert-OH is 4. The number of carbonyl (C=O) groups is 3. The van der Waals surface area contributed by atoms with Gasteiger partial charge < -0.3 is 103 Å². The number of esters is 1. The summed E-state index contributed by atoms with van der Waals surface area (Å²) in [5.41, 5.74) is 38.2. The number of hydrogen-bond acceptors (Lipinski definition) is 29. The number of pyridine rings is 6. The van der Waals surface area contributed by atoms with Crippen LogP contribution >= 0.6 is 31.9 Å². The number of nitriles is 1. The number of nitrogens with one attached hydrogen (secondary N) is 1. The molecule has 0 radical (unpaired) electrons. The van der Waals surface area contributed by atoms with E-state index in [0.29, 0.717) is 88.9 Å². The highest BCUT2D eigenvalue weighted by atomic mass is 79.9. The molecule has 15 N–H and O–H groups in total. The van der Waals surface area contributed by atoms with Gasteiger partial charge in [0, 0.05) is 173 Å². The van der Waals surface area contributed by atoms with Crippen molar-refractivity contribution in [3.05, 3.63) is 206 Å². The van der Waals surface area contributed by atoms with Crippen molar-refractivity contribution in [3.63, 3.8) is 0 Å². The summed E-state index contributed by atoms with van der Waals surface area (Å²) in [5.74, 6) is 1.50. The van der Waals surface area contributed by atoms with E-state index in [4.69, 9.17) is 53.1 Å². The third kappa shape index (κ3) is 27.2. The van der Waals surface area contributed by atoms with Crippen molar-refractivity contribution < 1.29 is 53.8 Å². The van der Waals surface area contributed by atoms with Gasteiger partial charge in [-0.15, -0.1) is 0 Å². The second kappa shape index (κ2) is 44.4. The fourth-order valence-corrected chi connectivity index (χ4v) is 14.0. The number of amides is 2. The van der Waals surface area contributed by atoms with Crippen LogP contribution in [0.25, 0.3) is 10.9 Å². The molecule has 0 bridgehead atoms. The van der Waals surface area contributed by atoms with E-state index in [-0.39, 0.29) is 68.9 Å². The Hall–Kier alpha value is -10.8. The van der Waals surface area contributed by atoms with Crippen molar-refractivity contribution in [1.29, 1.82) is 5.26 Å². The number of piperidine rings is 1. The van der Waals surface area contributed by atoms with Gasteiger partial charge in [0.25, 0.3) is 0 Å². The monoisotopic (exact) mass is 1670 g/mol. The number of hydrogen-bond donors (Lipinski definition) is 10. The molecular formula is C80H100Br2N20O11. The molecule has 6 aromatic heterocycles. The Kier molecular flexibility index (Phi) is 33.9. The Balaban J connectivity index is 0.000000165. The molecule has 9 aromatic rings. The maximum absolute atomic E-state index is 12.2. The Labute approximate surface area is 674 Å². The first-order valence-corrected chi connectivity index (χ1v) is 38.7. The summed E-state index contributed by atoms with van der Waals surface area (Å²) in [4.78, 5) is 74.1. The van der Waals surface area contributed by atoms with Crippen LogP contribution in [0.3, 0.4) is 0 Å². The number of methoxy groups -OCH3 is 1. The summed E-state index contributed by atoms with van der Waals surface area (Å²) in [6.45, 7) is 16.2. The number of nitrogens with zero attached hydrogens (tertiary/aromatic N) is 14. The zero-order valence-corrected chi connectivity index (χ0v) is 66.7. The van der Waals surface area contributed by atoms with Crippen LogP contribution in [0.2, 0.25) is 0 Å². The first kappa shape index (κ1) is 86.2. The minimum atomic E-state index is -0.497. The van der Waals surface area contributed by atoms with Gasteiger partial charge in [-0.05, 0) is 104 Å². The van der Waals surface area contributed by atoms with E-state index in [1.807, 2.05) is 115 Å². The molecular weight excluding hydrogens is 1580 g/mol. The van der Waals surface area contributed by atoms with E-state index in [2.05, 4.69) is 109 Å². The molecule has 0 aliphatic carbocycles. The second-order valence-corrected chi connectivity index (χ2v) is 28.7. The number of benzene rings is 3. The SMILES string of the molecule is COC(=O)c1cc(Br)cc(N)n1.C[C@@H]1CN(c2ccc(C#N)c3ncccc23)C[C@H](CN2CCN(c3cc(N)nc(CO)c3)CC2)O1.Nc1cc(Br)cc(CO)n1.Nc1cc(N2CCCCC2)cc(CO)n1.Nc1cc(N2CCN(C(=O)OCc3ccccc3)CC2)cc(CO)n1.O=C(OCc1ccccc1)N1CCNCC1. The summed E-state index contributed by atoms with van der Waals surface area (Å²) in [6.07, 6.45) is 5.19. The number of halogens is 2. The summed E-state index contributed by atoms with van der Waals surface area (Å²) >= 11 is 6.41. The number of ether oxygens (including phenoxy) is 4. The van der Waals surface area contributed by atoms with E-state index in [1.165, 1.54) is 26.4 Å². The van der Waals surface area contributed by atoms with Gasteiger partial charge in [-0.3, -0.25) is 9.88 Å². The molecule has 0 spiro atoms. The van der Waals surface area contributed by atoms with Crippen molar-refractivity contribution in [2.75, 3.05) is 167 Å². The van der Waals surface area contributed by atoms with Crippen LogP contribution in [0.5, 0.6) is 0 Å². The van der Waals surface area contributed by atoms with Crippen LogP contribution in [0.15, 0.2) is 161 Å². The van der Waals surface area contributed by atoms with E-state index in [0.717, 1.165) is 134 Å². The standard InChI is InChI=1S/C26H31N7O2.C18H22N4O3.C12H16N2O2.C11H17N3O.C7H7BrN2O2.C6H7BrN2O/c1-18-14-33(24-5-4-19(13-27)26-23(24)3-2-6-29-26)16-22(35-18)15-31-7-9-32(10-8-31)21-11-20(17-34)30-25(28)12-21;19-17-11-16(10-15(12-23)20-17)21-6-8-22(9-7-21)18(24)25-13-14-4-2-1-3-5-14;15-12(14-8-6-13-7-9-14)16-10-11-4-2-1-3-5-11;12-11-7-10(6-9(8-15)13-11)14-4-2-1-3-5-14;1-12-7(11)5-2-4(8)3-6(9)10-5;7-4-1-5(3-10)9-6(8)2-4/h2-6,11-12,18,22,34H,7-10,14-17H2,1H3,(H2,28,30);1-5,10-11,23H,6-9,12-13H2,(H2,19,20);1-5,13H,6-10H2;6-7,15H,1-5,8H2,(H2,12,13);2-3H,1H3,(H2,9,10);1-2,10H,3H2,(H2,8,9)/t18-,22+;;;;;/m1...../s1. The third-order valence-electron chi connectivity index (χ3n) is 18.5. The van der Waals surface area contributed by atoms with Gasteiger partial charge in [0.1, 0.15) is 48.4 Å². The number of rotatable bonds is 15. The molecule has 33 heteroatoms. The average Bonchev–Trinajstić information content (AvgIpc) is 0.783. The molecule has 2 atom stereocenters. The number of nitrogens with two attached hydrogens (primary N) is 5. The number of aliphatic hydroxyl groups is 4. The smallest absolute Gasteiger partial charge is 0.410 e. The Morgan fingerprint density at radius 2 is 0.991 bits per heavy atom. The first-order chi connectivity index (χ1) is 54.7. The van der Waals surface area contributed by atoms with Gasteiger partial charge >= 0.3 is 18.2 Å². The van der Waals surface area contributed by atoms with Gasteiger partial charge in [0.05, 0.1) is 79.6 Å². The number of carbonyl (C=O) groups excluding carboxylic acids is 3. The topological polar surface area (TPSA) is 435 Å². The van der Waals surface area contributed by atoms with Crippen LogP contribution in [0.1, 0.15) is 76.1 Å². The largest absolute Gasteiger partial charge is 0.464 e. The summed E-state index contributed by atoms with van der Waals surface area (Å²) in [5, 5.41) is 50.1. The molecule has 3 aromatic carbocycles. The zero-order valence-electron chi connectivity index (χ0n) is 63.5. The van der Waals surface area contributed by atoms with Gasteiger partial charge in [-0.1, -0.05) is 92.5 Å². The molecule has 2 amide bonds. The molecule has 5 aliphatic rings. The molecule has 0 unspecified atom stereocenters. The summed E-state index contributed by atoms with van der Waals surface area (Å²) in [7, 11) is 1.29. The number of morpholine rings is 1. The molecule has 5 fully saturated rings. The van der Waals surface area contributed by atoms with Crippen molar-refractivity contribution in [3.8, 4) is 6.07 Å². The number of fused-ring (bicyclic) bond motifs is 1. The number of nitrogen functional groups attached to an aromatic ring is 5. The average molecular weight is 1680 g/mol. The lowest BCUT2D eigenvalue weighted by atomic mass is 10.1. The predicted octanol–water partition coefficient (Wildman–Crippen LogP) is 8.11. The van der Waals surface area contributed by atoms with E-state index < -0.39 is 5.97 Å². The second-order valence-electron chi connectivity index (χ2n) is 26.9. The highest BCUT2D eigenvalue weighted by molar-refractivity contribution is 9.10. The molecule has 14 rings (SSSR count). The van der Waals surface area contributed by atoms with Crippen molar-refractivity contribution in [2.45, 2.75) is 78.0 Å². The highest BCUT2D eigenvalue weighted by Crippen LogP contribution is 2.32. The third-order valence-corrected chi connectivity index (χ3v) is 19.4. The first-order valence-electron chi connectivity index (χ1n) is 37.1. The molecule has 31 nitrogen and oxygen atoms in total. The quantitative estimate of drug-likeness (QED) is 0.0342.